The molecule has 0 aromatic heterocycles. The Hall–Kier alpha value is -2.27. The van der Waals surface area contributed by atoms with Gasteiger partial charge in [-0.05, 0) is 30.2 Å². The van der Waals surface area contributed by atoms with Gasteiger partial charge in [-0.3, -0.25) is 10.1 Å². The van der Waals surface area contributed by atoms with Gasteiger partial charge in [0, 0.05) is 11.9 Å². The first-order valence-corrected chi connectivity index (χ1v) is 6.74. The van der Waals surface area contributed by atoms with Gasteiger partial charge in [0.25, 0.3) is 5.69 Å². The summed E-state index contributed by atoms with van der Waals surface area (Å²) < 4.78 is 11.0. The molecule has 0 amide bonds. The molecule has 21 heavy (non-hydrogen) atoms. The molecule has 0 radical (unpaired) electrons. The first-order valence-electron chi connectivity index (χ1n) is 6.21. The minimum absolute atomic E-state index is 0.0584. The Morgan fingerprint density at radius 2 is 1.90 bits per heavy atom. The van der Waals surface area contributed by atoms with Crippen molar-refractivity contribution in [3.05, 3.63) is 57.6 Å². The van der Waals surface area contributed by atoms with Crippen molar-refractivity contribution in [1.29, 1.82) is 0 Å². The monoisotopic (exact) mass is 307 g/mol. The molecule has 2 aromatic carbocycles. The summed E-state index contributed by atoms with van der Waals surface area (Å²) in [6, 6.07) is 9.81. The van der Waals surface area contributed by atoms with Gasteiger partial charge in [-0.25, -0.2) is 0 Å². The Morgan fingerprint density at radius 1 is 1.14 bits per heavy atom. The summed E-state index contributed by atoms with van der Waals surface area (Å²) >= 11 is 5.81. The maximum Gasteiger partial charge on any atom is 0.273 e. The Kier molecular flexibility index (Phi) is 4.65. The maximum atomic E-state index is 10.9. The molecule has 110 valence electrons. The van der Waals surface area contributed by atoms with Crippen LogP contribution < -0.4 is 9.47 Å². The van der Waals surface area contributed by atoms with Gasteiger partial charge in [-0.1, -0.05) is 12.1 Å². The first kappa shape index (κ1) is 15.1. The smallest absolute Gasteiger partial charge is 0.273 e. The number of hydrogen-bond acceptors (Lipinski definition) is 4. The summed E-state index contributed by atoms with van der Waals surface area (Å²) in [7, 11) is 1.48. The van der Waals surface area contributed by atoms with Crippen LogP contribution >= 0.6 is 11.6 Å². The molecule has 0 saturated carbocycles. The molecule has 2 aromatic rings. The van der Waals surface area contributed by atoms with E-state index in [1.165, 1.54) is 25.3 Å². The normalized spacial score (nSPS) is 10.2. The molecular formula is C15H14ClNO4. The van der Waals surface area contributed by atoms with E-state index in [1.807, 2.05) is 19.1 Å². The van der Waals surface area contributed by atoms with Crippen molar-refractivity contribution in [2.45, 2.75) is 12.8 Å². The third-order valence-corrected chi connectivity index (χ3v) is 3.29. The van der Waals surface area contributed by atoms with Crippen LogP contribution in [-0.4, -0.2) is 12.0 Å². The number of benzene rings is 2. The van der Waals surface area contributed by atoms with Crippen molar-refractivity contribution >= 4 is 17.3 Å². The highest BCUT2D eigenvalue weighted by Crippen LogP contribution is 2.36. The number of rotatable bonds is 5. The topological polar surface area (TPSA) is 61.6 Å². The van der Waals surface area contributed by atoms with E-state index in [4.69, 9.17) is 21.1 Å². The van der Waals surface area contributed by atoms with Crippen LogP contribution in [0.25, 0.3) is 0 Å². The second-order valence-electron chi connectivity index (χ2n) is 4.43. The highest BCUT2D eigenvalue weighted by Gasteiger charge is 2.14. The Balaban J connectivity index is 2.42. The fourth-order valence-corrected chi connectivity index (χ4v) is 1.98. The van der Waals surface area contributed by atoms with Gasteiger partial charge in [0.05, 0.1) is 18.1 Å². The number of nitro benzene ring substituents is 1. The molecular weight excluding hydrogens is 294 g/mol. The average Bonchev–Trinajstić information content (AvgIpc) is 2.49. The van der Waals surface area contributed by atoms with Crippen molar-refractivity contribution in [3.8, 4) is 17.2 Å². The van der Waals surface area contributed by atoms with Gasteiger partial charge in [0.15, 0.2) is 11.5 Å². The molecule has 0 unspecified atom stereocenters. The van der Waals surface area contributed by atoms with Gasteiger partial charge < -0.3 is 9.47 Å². The van der Waals surface area contributed by atoms with Gasteiger partial charge in [0.2, 0.25) is 0 Å². The second-order valence-corrected chi connectivity index (χ2v) is 4.70. The van der Waals surface area contributed by atoms with Gasteiger partial charge >= 0.3 is 0 Å². The second kappa shape index (κ2) is 6.45. The fourth-order valence-electron chi connectivity index (χ4n) is 1.81. The predicted octanol–water partition coefficient (Wildman–Crippen LogP) is 4.44. The summed E-state index contributed by atoms with van der Waals surface area (Å²) in [4.78, 5) is 10.4. The van der Waals surface area contributed by atoms with Crippen molar-refractivity contribution in [2.75, 3.05) is 7.11 Å². The van der Waals surface area contributed by atoms with Crippen LogP contribution in [0.15, 0.2) is 36.4 Å². The Labute approximate surface area is 127 Å². The molecule has 0 spiro atoms. The number of methoxy groups -OCH3 is 1. The highest BCUT2D eigenvalue weighted by molar-refractivity contribution is 6.17. The minimum atomic E-state index is -0.478. The van der Waals surface area contributed by atoms with Crippen LogP contribution in [0.3, 0.4) is 0 Å². The van der Waals surface area contributed by atoms with Crippen molar-refractivity contribution in [3.63, 3.8) is 0 Å². The molecule has 0 fully saturated rings. The third kappa shape index (κ3) is 3.44. The summed E-state index contributed by atoms with van der Waals surface area (Å²) in [5.74, 6) is 1.67. The molecule has 6 heteroatoms. The third-order valence-electron chi connectivity index (χ3n) is 2.98. The van der Waals surface area contributed by atoms with Gasteiger partial charge in [-0.2, -0.15) is 0 Å². The van der Waals surface area contributed by atoms with E-state index in [1.54, 1.807) is 6.07 Å². The summed E-state index contributed by atoms with van der Waals surface area (Å²) in [5.41, 5.74) is 1.75. The maximum absolute atomic E-state index is 10.9. The molecule has 0 heterocycles. The molecule has 0 saturated heterocycles. The van der Waals surface area contributed by atoms with E-state index < -0.39 is 4.92 Å². The first-order chi connectivity index (χ1) is 10.0. The van der Waals surface area contributed by atoms with E-state index >= 15 is 0 Å². The predicted molar refractivity (Wildman–Crippen MR) is 80.5 cm³/mol. The Bertz CT molecular complexity index is 673. The lowest BCUT2D eigenvalue weighted by Crippen LogP contribution is -1.95. The van der Waals surface area contributed by atoms with Gasteiger partial charge in [0.1, 0.15) is 5.75 Å². The molecule has 0 aliphatic carbocycles. The van der Waals surface area contributed by atoms with Crippen LogP contribution in [0.5, 0.6) is 17.2 Å². The largest absolute Gasteiger partial charge is 0.493 e. The quantitative estimate of drug-likeness (QED) is 0.465. The summed E-state index contributed by atoms with van der Waals surface area (Å²) in [6.07, 6.45) is 0. The van der Waals surface area contributed by atoms with E-state index in [0.717, 1.165) is 11.1 Å². The number of ether oxygens (including phenoxy) is 2. The number of non-ortho nitro benzene ring substituents is 1. The lowest BCUT2D eigenvalue weighted by atomic mass is 10.1. The summed E-state index contributed by atoms with van der Waals surface area (Å²) in [5, 5.41) is 10.9. The number of hydrogen-bond donors (Lipinski definition) is 0. The van der Waals surface area contributed by atoms with Crippen molar-refractivity contribution in [1.82, 2.24) is 0 Å². The zero-order chi connectivity index (χ0) is 15.4. The van der Waals surface area contributed by atoms with Crippen LogP contribution in [0.4, 0.5) is 5.69 Å². The number of aryl methyl sites for hydroxylation is 1. The molecule has 0 N–H and O–H groups in total. The zero-order valence-corrected chi connectivity index (χ0v) is 12.4. The van der Waals surface area contributed by atoms with E-state index in [-0.39, 0.29) is 5.69 Å². The highest BCUT2D eigenvalue weighted by atomic mass is 35.5. The number of nitro groups is 1. The van der Waals surface area contributed by atoms with Crippen molar-refractivity contribution in [2.24, 2.45) is 0 Å². The Morgan fingerprint density at radius 3 is 2.52 bits per heavy atom. The molecule has 0 bridgehead atoms. The van der Waals surface area contributed by atoms with Crippen LogP contribution in [0, 0.1) is 17.0 Å². The molecule has 0 aliphatic rings. The zero-order valence-electron chi connectivity index (χ0n) is 11.6. The summed E-state index contributed by atoms with van der Waals surface area (Å²) in [6.45, 7) is 1.89. The standard InChI is InChI=1S/C15H14ClNO4/c1-10-3-4-11(9-16)7-14(10)21-15-8-12(17(18)19)5-6-13(15)20-2/h3-8H,9H2,1-2H3. The van der Waals surface area contributed by atoms with Gasteiger partial charge in [-0.15, -0.1) is 11.6 Å². The van der Waals surface area contributed by atoms with Crippen LogP contribution in [0.1, 0.15) is 11.1 Å². The van der Waals surface area contributed by atoms with E-state index in [9.17, 15) is 10.1 Å². The average molecular weight is 308 g/mol. The molecule has 0 aliphatic heterocycles. The SMILES string of the molecule is COc1ccc([N+](=O)[O-])cc1Oc1cc(CCl)ccc1C. The fraction of sp³-hybridized carbons (Fsp3) is 0.200. The minimum Gasteiger partial charge on any atom is -0.493 e. The lowest BCUT2D eigenvalue weighted by Gasteiger charge is -2.12. The van der Waals surface area contributed by atoms with E-state index in [0.29, 0.717) is 23.1 Å². The molecule has 0 atom stereocenters. The number of nitrogens with zero attached hydrogens (tertiary/aromatic N) is 1. The molecule has 5 nitrogen and oxygen atoms in total. The molecule has 2 rings (SSSR count). The lowest BCUT2D eigenvalue weighted by molar-refractivity contribution is -0.384. The van der Waals surface area contributed by atoms with Crippen molar-refractivity contribution < 1.29 is 14.4 Å². The van der Waals surface area contributed by atoms with E-state index in [2.05, 4.69) is 0 Å². The number of halogens is 1. The number of alkyl halides is 1. The van der Waals surface area contributed by atoms with Crippen LogP contribution in [-0.2, 0) is 5.88 Å². The van der Waals surface area contributed by atoms with Crippen LogP contribution in [0.2, 0.25) is 0 Å².